The normalized spacial score (nSPS) is 18.0. The smallest absolute Gasteiger partial charge is 0.226 e. The molecule has 3 heterocycles. The van der Waals surface area contributed by atoms with Gasteiger partial charge in [0.2, 0.25) is 5.28 Å². The summed E-state index contributed by atoms with van der Waals surface area (Å²) in [5, 5.41) is 3.23. The maximum atomic E-state index is 13.0. The van der Waals surface area contributed by atoms with E-state index in [4.69, 9.17) is 16.3 Å². The number of fused-ring (bicyclic) bond motifs is 1. The fourth-order valence-electron chi connectivity index (χ4n) is 2.80. The molecule has 1 N–H and O–H groups in total. The Balaban J connectivity index is 1.73. The monoisotopic (exact) mass is 347 g/mol. The highest BCUT2D eigenvalue weighted by atomic mass is 35.5. The number of halogens is 2. The lowest BCUT2D eigenvalue weighted by atomic mass is 10.2. The number of hydrogen-bond donors (Lipinski definition) is 1. The molecule has 24 heavy (non-hydrogen) atoms. The van der Waals surface area contributed by atoms with Crippen molar-refractivity contribution in [2.75, 3.05) is 11.9 Å². The Morgan fingerprint density at radius 3 is 2.79 bits per heavy atom. The van der Waals surface area contributed by atoms with Crippen LogP contribution in [0.5, 0.6) is 0 Å². The first-order chi connectivity index (χ1) is 11.7. The SMILES string of the molecule is Fc1ccc(Nc2nc(Cl)nc3c2ncn3C2CCCCO2)cc1. The van der Waals surface area contributed by atoms with Crippen molar-refractivity contribution in [2.24, 2.45) is 0 Å². The van der Waals surface area contributed by atoms with Crippen LogP contribution in [0.1, 0.15) is 25.5 Å². The molecule has 0 bridgehead atoms. The molecular formula is C16H15ClFN5O. The highest BCUT2D eigenvalue weighted by Gasteiger charge is 2.21. The summed E-state index contributed by atoms with van der Waals surface area (Å²) >= 11 is 6.08. The van der Waals surface area contributed by atoms with E-state index in [1.807, 2.05) is 4.57 Å². The number of aromatic nitrogens is 4. The van der Waals surface area contributed by atoms with Crippen LogP contribution in [-0.2, 0) is 4.74 Å². The van der Waals surface area contributed by atoms with Gasteiger partial charge in [-0.1, -0.05) is 0 Å². The van der Waals surface area contributed by atoms with E-state index >= 15 is 0 Å². The van der Waals surface area contributed by atoms with Crippen molar-refractivity contribution >= 4 is 34.3 Å². The number of imidazole rings is 1. The van der Waals surface area contributed by atoms with Gasteiger partial charge in [0.25, 0.3) is 0 Å². The summed E-state index contributed by atoms with van der Waals surface area (Å²) in [5.41, 5.74) is 1.90. The Kier molecular flexibility index (Phi) is 4.03. The maximum Gasteiger partial charge on any atom is 0.226 e. The summed E-state index contributed by atoms with van der Waals surface area (Å²) in [7, 11) is 0. The number of rotatable bonds is 3. The molecular weight excluding hydrogens is 333 g/mol. The third-order valence-corrected chi connectivity index (χ3v) is 4.14. The molecule has 1 unspecified atom stereocenters. The number of hydrogen-bond acceptors (Lipinski definition) is 5. The summed E-state index contributed by atoms with van der Waals surface area (Å²) in [6, 6.07) is 5.99. The molecule has 0 spiro atoms. The van der Waals surface area contributed by atoms with Gasteiger partial charge in [0, 0.05) is 12.3 Å². The van der Waals surface area contributed by atoms with Crippen LogP contribution in [0.4, 0.5) is 15.9 Å². The van der Waals surface area contributed by atoms with Crippen LogP contribution in [0.15, 0.2) is 30.6 Å². The van der Waals surface area contributed by atoms with E-state index in [-0.39, 0.29) is 17.3 Å². The average Bonchev–Trinajstić information content (AvgIpc) is 3.01. The molecule has 1 aliphatic heterocycles. The summed E-state index contributed by atoms with van der Waals surface area (Å²) in [6.07, 6.45) is 4.68. The fourth-order valence-corrected chi connectivity index (χ4v) is 2.97. The van der Waals surface area contributed by atoms with Crippen molar-refractivity contribution in [3.8, 4) is 0 Å². The van der Waals surface area contributed by atoms with Crippen molar-refractivity contribution in [3.05, 3.63) is 41.7 Å². The maximum absolute atomic E-state index is 13.0. The van der Waals surface area contributed by atoms with Gasteiger partial charge in [-0.05, 0) is 55.1 Å². The van der Waals surface area contributed by atoms with E-state index in [9.17, 15) is 4.39 Å². The van der Waals surface area contributed by atoms with E-state index in [0.29, 0.717) is 22.7 Å². The van der Waals surface area contributed by atoms with Gasteiger partial charge in [-0.2, -0.15) is 9.97 Å². The molecule has 0 amide bonds. The van der Waals surface area contributed by atoms with Crippen molar-refractivity contribution in [2.45, 2.75) is 25.5 Å². The predicted octanol–water partition coefficient (Wildman–Crippen LogP) is 4.06. The zero-order valence-corrected chi connectivity index (χ0v) is 13.5. The zero-order chi connectivity index (χ0) is 16.5. The lowest BCUT2D eigenvalue weighted by Gasteiger charge is -2.23. The van der Waals surface area contributed by atoms with Crippen LogP contribution in [0.25, 0.3) is 11.2 Å². The number of benzene rings is 1. The molecule has 1 aromatic carbocycles. The first-order valence-corrected chi connectivity index (χ1v) is 8.13. The lowest BCUT2D eigenvalue weighted by Crippen LogP contribution is -2.17. The highest BCUT2D eigenvalue weighted by molar-refractivity contribution is 6.28. The topological polar surface area (TPSA) is 64.9 Å². The first kappa shape index (κ1) is 15.3. The predicted molar refractivity (Wildman–Crippen MR) is 88.9 cm³/mol. The van der Waals surface area contributed by atoms with Crippen LogP contribution < -0.4 is 5.32 Å². The van der Waals surface area contributed by atoms with Crippen molar-refractivity contribution < 1.29 is 9.13 Å². The number of nitrogens with zero attached hydrogens (tertiary/aromatic N) is 4. The minimum atomic E-state index is -0.301. The van der Waals surface area contributed by atoms with Gasteiger partial charge < -0.3 is 10.1 Å². The van der Waals surface area contributed by atoms with Crippen LogP contribution >= 0.6 is 11.6 Å². The Labute approximate surface area is 142 Å². The summed E-state index contributed by atoms with van der Waals surface area (Å²) in [5.74, 6) is 0.177. The third kappa shape index (κ3) is 2.92. The average molecular weight is 348 g/mol. The molecule has 124 valence electrons. The number of anilines is 2. The molecule has 1 atom stereocenters. The number of ether oxygens (including phenoxy) is 1. The Morgan fingerprint density at radius 2 is 2.04 bits per heavy atom. The van der Waals surface area contributed by atoms with E-state index in [2.05, 4.69) is 20.3 Å². The summed E-state index contributed by atoms with van der Waals surface area (Å²) < 4.78 is 20.7. The molecule has 1 saturated heterocycles. The van der Waals surface area contributed by atoms with Crippen LogP contribution in [0.3, 0.4) is 0 Å². The summed E-state index contributed by atoms with van der Waals surface area (Å²) in [4.78, 5) is 12.9. The molecule has 2 aromatic heterocycles. The quantitative estimate of drug-likeness (QED) is 0.724. The second-order valence-corrected chi connectivity index (χ2v) is 5.96. The van der Waals surface area contributed by atoms with E-state index in [1.165, 1.54) is 12.1 Å². The van der Waals surface area contributed by atoms with Crippen molar-refractivity contribution in [1.29, 1.82) is 0 Å². The van der Waals surface area contributed by atoms with Gasteiger partial charge in [0.05, 0.1) is 6.33 Å². The lowest BCUT2D eigenvalue weighted by molar-refractivity contribution is -0.0298. The van der Waals surface area contributed by atoms with Gasteiger partial charge in [0.15, 0.2) is 17.0 Å². The molecule has 0 aliphatic carbocycles. The summed E-state index contributed by atoms with van der Waals surface area (Å²) in [6.45, 7) is 0.726. The molecule has 3 aromatic rings. The van der Waals surface area contributed by atoms with E-state index in [1.54, 1.807) is 18.5 Å². The molecule has 8 heteroatoms. The second-order valence-electron chi connectivity index (χ2n) is 5.62. The number of nitrogens with one attached hydrogen (secondary N) is 1. The van der Waals surface area contributed by atoms with Gasteiger partial charge >= 0.3 is 0 Å². The van der Waals surface area contributed by atoms with Gasteiger partial charge in [0.1, 0.15) is 12.0 Å². The zero-order valence-electron chi connectivity index (χ0n) is 12.7. The van der Waals surface area contributed by atoms with E-state index in [0.717, 1.165) is 25.9 Å². The standard InChI is InChI=1S/C16H15ClFN5O/c17-16-21-14(20-11-6-4-10(18)5-7-11)13-15(22-16)23(9-19-13)12-3-1-2-8-24-12/h4-7,9,12H,1-3,8H2,(H,20,21,22). The highest BCUT2D eigenvalue weighted by Crippen LogP contribution is 2.29. The Hall–Kier alpha value is -2.25. The molecule has 1 aliphatic rings. The van der Waals surface area contributed by atoms with Gasteiger partial charge in [-0.3, -0.25) is 4.57 Å². The fraction of sp³-hybridized carbons (Fsp3) is 0.312. The minimum absolute atomic E-state index is 0.0895. The van der Waals surface area contributed by atoms with Crippen molar-refractivity contribution in [3.63, 3.8) is 0 Å². The molecule has 0 saturated carbocycles. The largest absolute Gasteiger partial charge is 0.358 e. The van der Waals surface area contributed by atoms with Gasteiger partial charge in [-0.25, -0.2) is 9.37 Å². The Morgan fingerprint density at radius 1 is 1.21 bits per heavy atom. The van der Waals surface area contributed by atoms with E-state index < -0.39 is 0 Å². The third-order valence-electron chi connectivity index (χ3n) is 3.97. The molecule has 4 rings (SSSR count). The van der Waals surface area contributed by atoms with Crippen LogP contribution in [0, 0.1) is 5.82 Å². The van der Waals surface area contributed by atoms with Gasteiger partial charge in [-0.15, -0.1) is 0 Å². The van der Waals surface area contributed by atoms with Crippen LogP contribution in [0.2, 0.25) is 5.28 Å². The van der Waals surface area contributed by atoms with Crippen LogP contribution in [-0.4, -0.2) is 26.1 Å². The second kappa shape index (κ2) is 6.33. The molecule has 1 fully saturated rings. The molecule has 0 radical (unpaired) electrons. The minimum Gasteiger partial charge on any atom is -0.358 e. The van der Waals surface area contributed by atoms with Crippen molar-refractivity contribution in [1.82, 2.24) is 19.5 Å². The Bertz CT molecular complexity index is 861. The first-order valence-electron chi connectivity index (χ1n) is 7.75. The molecule has 6 nitrogen and oxygen atoms in total.